The van der Waals surface area contributed by atoms with Crippen molar-refractivity contribution in [3.8, 4) is 0 Å². The molecule has 1 atom stereocenters. The molecule has 0 radical (unpaired) electrons. The van der Waals surface area contributed by atoms with Crippen molar-refractivity contribution in [3.05, 3.63) is 58.7 Å². The number of amides is 3. The summed E-state index contributed by atoms with van der Waals surface area (Å²) in [5, 5.41) is 7.48. The van der Waals surface area contributed by atoms with Crippen LogP contribution in [0, 0.1) is 6.92 Å². The van der Waals surface area contributed by atoms with Crippen molar-refractivity contribution in [2.75, 3.05) is 30.7 Å². The van der Waals surface area contributed by atoms with Gasteiger partial charge < -0.3 is 21.1 Å². The predicted molar refractivity (Wildman–Crippen MR) is 141 cm³/mol. The molecule has 0 spiro atoms. The summed E-state index contributed by atoms with van der Waals surface area (Å²) >= 11 is 0. The predicted octanol–water partition coefficient (Wildman–Crippen LogP) is 4.06. The maximum atomic E-state index is 13.3. The second-order valence-electron chi connectivity index (χ2n) is 10.5. The normalized spacial score (nSPS) is 16.0. The van der Waals surface area contributed by atoms with Gasteiger partial charge in [-0.1, -0.05) is 12.1 Å². The van der Waals surface area contributed by atoms with Crippen LogP contribution in [0.15, 0.2) is 36.4 Å². The summed E-state index contributed by atoms with van der Waals surface area (Å²) in [4.78, 5) is 39.6. The van der Waals surface area contributed by atoms with Crippen LogP contribution in [0.1, 0.15) is 54.2 Å². The Balaban J connectivity index is 1.58. The van der Waals surface area contributed by atoms with Gasteiger partial charge in [-0.25, -0.2) is 4.79 Å². The summed E-state index contributed by atoms with van der Waals surface area (Å²) in [5.41, 5.74) is 6.20. The van der Waals surface area contributed by atoms with Crippen LogP contribution in [0.3, 0.4) is 0 Å². The molecule has 39 heavy (non-hydrogen) atoms. The molecule has 1 aliphatic rings. The molecule has 1 unspecified atom stereocenters. The molecule has 2 aromatic rings. The highest BCUT2D eigenvalue weighted by atomic mass is 19.4. The first-order valence-electron chi connectivity index (χ1n) is 12.5. The molecule has 2 aromatic carbocycles. The number of nitrogens with two attached hydrogens (primary N) is 1. The number of hydrogen-bond donors (Lipinski definition) is 4. The first-order valence-corrected chi connectivity index (χ1v) is 12.5. The molecule has 0 saturated carbocycles. The molecular weight excluding hydrogens is 515 g/mol. The van der Waals surface area contributed by atoms with E-state index >= 15 is 0 Å². The molecule has 1 saturated heterocycles. The number of nitrogen functional groups attached to an aromatic ring is 1. The number of aryl methyl sites for hydroxylation is 1. The van der Waals surface area contributed by atoms with E-state index < -0.39 is 47.4 Å². The highest BCUT2D eigenvalue weighted by molar-refractivity contribution is 6.04. The minimum atomic E-state index is -4.71. The standard InChI is InChI=1S/C27H34F3N5O4/c1-16-5-6-17(11-21(16)31)14-35-10-9-19(15-35)33-23(36)13-32-24(37)20-12-18(27(28,29)30)7-8-22(20)34-25(38)39-26(2,3)4/h5-8,11-12,19H,9-10,13-15,31H2,1-4H3,(H,32,37)(H,33,36)(H,34,38). The van der Waals surface area contributed by atoms with Gasteiger partial charge in [0.05, 0.1) is 23.4 Å². The zero-order valence-electron chi connectivity index (χ0n) is 22.4. The summed E-state index contributed by atoms with van der Waals surface area (Å²) in [6.45, 7) is 8.38. The number of hydrogen-bond acceptors (Lipinski definition) is 6. The topological polar surface area (TPSA) is 126 Å². The van der Waals surface area contributed by atoms with E-state index in [2.05, 4.69) is 20.9 Å². The minimum absolute atomic E-state index is 0.143. The third kappa shape index (κ3) is 8.88. The van der Waals surface area contributed by atoms with Crippen molar-refractivity contribution >= 4 is 29.3 Å². The summed E-state index contributed by atoms with van der Waals surface area (Å²) in [7, 11) is 0. The van der Waals surface area contributed by atoms with Crippen LogP contribution >= 0.6 is 0 Å². The van der Waals surface area contributed by atoms with E-state index in [4.69, 9.17) is 10.5 Å². The number of anilines is 2. The van der Waals surface area contributed by atoms with Gasteiger partial charge in [-0.15, -0.1) is 0 Å². The minimum Gasteiger partial charge on any atom is -0.444 e. The van der Waals surface area contributed by atoms with Crippen molar-refractivity contribution in [2.45, 2.75) is 58.5 Å². The highest BCUT2D eigenvalue weighted by Crippen LogP contribution is 2.32. The molecule has 5 N–H and O–H groups in total. The van der Waals surface area contributed by atoms with Gasteiger partial charge in [0, 0.05) is 31.4 Å². The Morgan fingerprint density at radius 3 is 2.46 bits per heavy atom. The zero-order chi connectivity index (χ0) is 29.0. The van der Waals surface area contributed by atoms with E-state index in [1.807, 2.05) is 25.1 Å². The molecular formula is C27H34F3N5O4. The maximum absolute atomic E-state index is 13.3. The Kier molecular flexibility index (Phi) is 9.10. The number of halogens is 3. The lowest BCUT2D eigenvalue weighted by atomic mass is 10.1. The van der Waals surface area contributed by atoms with E-state index in [1.54, 1.807) is 20.8 Å². The first kappa shape index (κ1) is 29.8. The smallest absolute Gasteiger partial charge is 0.416 e. The number of nitrogens with one attached hydrogen (secondary N) is 3. The Hall–Kier alpha value is -3.80. The van der Waals surface area contributed by atoms with E-state index in [0.29, 0.717) is 25.6 Å². The maximum Gasteiger partial charge on any atom is 0.416 e. The molecule has 3 amide bonds. The van der Waals surface area contributed by atoms with E-state index in [1.165, 1.54) is 0 Å². The number of rotatable bonds is 7. The molecule has 212 valence electrons. The second kappa shape index (κ2) is 11.9. The SMILES string of the molecule is Cc1ccc(CN2CCC(NC(=O)CNC(=O)c3cc(C(F)(F)F)ccc3NC(=O)OC(C)(C)C)C2)cc1N. The largest absolute Gasteiger partial charge is 0.444 e. The number of alkyl halides is 3. The molecule has 0 aromatic heterocycles. The van der Waals surface area contributed by atoms with Crippen LogP contribution in [0.2, 0.25) is 0 Å². The van der Waals surface area contributed by atoms with Gasteiger partial charge in [0.25, 0.3) is 5.91 Å². The van der Waals surface area contributed by atoms with Crippen LogP contribution in [-0.4, -0.2) is 54.1 Å². The summed E-state index contributed by atoms with van der Waals surface area (Å²) in [5.74, 6) is -1.43. The molecule has 12 heteroatoms. The summed E-state index contributed by atoms with van der Waals surface area (Å²) in [6.07, 6.45) is -4.94. The molecule has 1 fully saturated rings. The van der Waals surface area contributed by atoms with Crippen LogP contribution in [-0.2, 0) is 22.3 Å². The lowest BCUT2D eigenvalue weighted by molar-refractivity contribution is -0.137. The lowest BCUT2D eigenvalue weighted by Crippen LogP contribution is -2.43. The second-order valence-corrected chi connectivity index (χ2v) is 10.5. The molecule has 9 nitrogen and oxygen atoms in total. The number of nitrogens with zero attached hydrogens (tertiary/aromatic N) is 1. The van der Waals surface area contributed by atoms with Gasteiger partial charge in [-0.3, -0.25) is 19.8 Å². The van der Waals surface area contributed by atoms with E-state index in [-0.39, 0.29) is 11.7 Å². The summed E-state index contributed by atoms with van der Waals surface area (Å²) in [6, 6.07) is 8.08. The van der Waals surface area contributed by atoms with Crippen molar-refractivity contribution < 1.29 is 32.3 Å². The quantitative estimate of drug-likeness (QED) is 0.386. The van der Waals surface area contributed by atoms with E-state index in [0.717, 1.165) is 35.5 Å². The number of likely N-dealkylation sites (tertiary alicyclic amines) is 1. The van der Waals surface area contributed by atoms with E-state index in [9.17, 15) is 27.6 Å². The summed E-state index contributed by atoms with van der Waals surface area (Å²) < 4.78 is 45.0. The van der Waals surface area contributed by atoms with Crippen molar-refractivity contribution in [3.63, 3.8) is 0 Å². The molecule has 0 aliphatic carbocycles. The first-order chi connectivity index (χ1) is 18.1. The molecule has 1 heterocycles. The fraction of sp³-hybridized carbons (Fsp3) is 0.444. The number of carbonyl (C=O) groups excluding carboxylic acids is 3. The van der Waals surface area contributed by atoms with Crippen LogP contribution in [0.4, 0.5) is 29.3 Å². The average molecular weight is 550 g/mol. The van der Waals surface area contributed by atoms with Crippen LogP contribution in [0.5, 0.6) is 0 Å². The van der Waals surface area contributed by atoms with Gasteiger partial charge in [0.15, 0.2) is 0 Å². The number of carbonyl (C=O) groups is 3. The van der Waals surface area contributed by atoms with Gasteiger partial charge in [0.1, 0.15) is 5.60 Å². The van der Waals surface area contributed by atoms with Gasteiger partial charge in [-0.2, -0.15) is 13.2 Å². The van der Waals surface area contributed by atoms with Crippen molar-refractivity contribution in [1.29, 1.82) is 0 Å². The monoisotopic (exact) mass is 549 g/mol. The van der Waals surface area contributed by atoms with Crippen molar-refractivity contribution in [2.24, 2.45) is 0 Å². The zero-order valence-corrected chi connectivity index (χ0v) is 22.4. The van der Waals surface area contributed by atoms with Gasteiger partial charge in [0.2, 0.25) is 5.91 Å². The number of ether oxygens (including phenoxy) is 1. The van der Waals surface area contributed by atoms with Gasteiger partial charge >= 0.3 is 12.3 Å². The highest BCUT2D eigenvalue weighted by Gasteiger charge is 2.32. The third-order valence-corrected chi connectivity index (χ3v) is 6.02. The third-order valence-electron chi connectivity index (χ3n) is 6.02. The molecule has 0 bridgehead atoms. The van der Waals surface area contributed by atoms with Crippen LogP contribution in [0.25, 0.3) is 0 Å². The fourth-order valence-electron chi connectivity index (χ4n) is 4.11. The Bertz CT molecular complexity index is 1230. The fourth-order valence-corrected chi connectivity index (χ4v) is 4.11. The average Bonchev–Trinajstić information content (AvgIpc) is 3.24. The molecule has 1 aliphatic heterocycles. The molecule has 3 rings (SSSR count). The Labute approximate surface area is 225 Å². The lowest BCUT2D eigenvalue weighted by Gasteiger charge is -2.21. The van der Waals surface area contributed by atoms with Crippen LogP contribution < -0.4 is 21.7 Å². The van der Waals surface area contributed by atoms with Crippen molar-refractivity contribution in [1.82, 2.24) is 15.5 Å². The number of benzene rings is 2. The Morgan fingerprint density at radius 1 is 1.10 bits per heavy atom. The van der Waals surface area contributed by atoms with Gasteiger partial charge in [-0.05, 0) is 69.5 Å². The Morgan fingerprint density at radius 2 is 1.82 bits per heavy atom.